The van der Waals surface area contributed by atoms with Gasteiger partial charge in [0.1, 0.15) is 12.4 Å². The Kier molecular flexibility index (Phi) is 5.94. The van der Waals surface area contributed by atoms with Crippen molar-refractivity contribution in [2.45, 2.75) is 23.8 Å². The Labute approximate surface area is 176 Å². The molecule has 4 rings (SSSR count). The van der Waals surface area contributed by atoms with Crippen LogP contribution in [0.2, 0.25) is 0 Å². The molecule has 3 aromatic rings. The van der Waals surface area contributed by atoms with Gasteiger partial charge in [-0.2, -0.15) is 4.31 Å². The second kappa shape index (κ2) is 8.61. The highest BCUT2D eigenvalue weighted by Crippen LogP contribution is 2.42. The maximum atomic E-state index is 13.2. The van der Waals surface area contributed by atoms with Crippen molar-refractivity contribution < 1.29 is 13.2 Å². The molecule has 0 amide bonds. The molecular formula is C23H23NO3S2. The summed E-state index contributed by atoms with van der Waals surface area (Å²) >= 11 is 1.64. The first kappa shape index (κ1) is 20.0. The van der Waals surface area contributed by atoms with Crippen LogP contribution in [0.3, 0.4) is 0 Å². The van der Waals surface area contributed by atoms with Crippen LogP contribution in [-0.2, 0) is 16.6 Å². The van der Waals surface area contributed by atoms with E-state index in [1.807, 2.05) is 67.6 Å². The van der Waals surface area contributed by atoms with Gasteiger partial charge in [0.05, 0.1) is 10.3 Å². The van der Waals surface area contributed by atoms with Crippen LogP contribution in [0.5, 0.6) is 5.75 Å². The summed E-state index contributed by atoms with van der Waals surface area (Å²) in [5, 5.41) is -0.249. The van der Waals surface area contributed by atoms with E-state index in [0.29, 0.717) is 18.0 Å². The molecule has 4 nitrogen and oxygen atoms in total. The Morgan fingerprint density at radius 3 is 2.59 bits per heavy atom. The van der Waals surface area contributed by atoms with Crippen molar-refractivity contribution >= 4 is 21.8 Å². The van der Waals surface area contributed by atoms with Gasteiger partial charge in [0, 0.05) is 12.3 Å². The third kappa shape index (κ3) is 4.50. The summed E-state index contributed by atoms with van der Waals surface area (Å²) in [5.74, 6) is 1.51. The van der Waals surface area contributed by atoms with Gasteiger partial charge in [0.2, 0.25) is 10.0 Å². The fourth-order valence-electron chi connectivity index (χ4n) is 3.37. The quantitative estimate of drug-likeness (QED) is 0.557. The molecule has 1 fully saturated rings. The molecule has 1 aliphatic rings. The van der Waals surface area contributed by atoms with Crippen LogP contribution in [-0.4, -0.2) is 25.0 Å². The second-order valence-electron chi connectivity index (χ2n) is 7.00. The maximum Gasteiger partial charge on any atom is 0.244 e. The lowest BCUT2D eigenvalue weighted by Crippen LogP contribution is -2.30. The number of benzene rings is 3. The van der Waals surface area contributed by atoms with Crippen molar-refractivity contribution in [1.29, 1.82) is 0 Å². The van der Waals surface area contributed by atoms with Crippen molar-refractivity contribution in [3.05, 3.63) is 95.6 Å². The first-order chi connectivity index (χ1) is 14.0. The molecule has 3 aromatic carbocycles. The van der Waals surface area contributed by atoms with Gasteiger partial charge in [-0.15, -0.1) is 11.8 Å². The van der Waals surface area contributed by atoms with Gasteiger partial charge in [0.15, 0.2) is 0 Å². The number of aryl methyl sites for hydroxylation is 1. The van der Waals surface area contributed by atoms with E-state index in [-0.39, 0.29) is 5.37 Å². The summed E-state index contributed by atoms with van der Waals surface area (Å²) in [7, 11) is -3.55. The topological polar surface area (TPSA) is 46.6 Å². The van der Waals surface area contributed by atoms with E-state index in [4.69, 9.17) is 4.74 Å². The van der Waals surface area contributed by atoms with Crippen LogP contribution in [0.15, 0.2) is 83.8 Å². The van der Waals surface area contributed by atoms with Crippen LogP contribution in [0.4, 0.5) is 0 Å². The van der Waals surface area contributed by atoms with Gasteiger partial charge in [-0.25, -0.2) is 8.42 Å². The van der Waals surface area contributed by atoms with E-state index in [1.54, 1.807) is 34.3 Å². The van der Waals surface area contributed by atoms with Crippen LogP contribution >= 0.6 is 11.8 Å². The van der Waals surface area contributed by atoms with Gasteiger partial charge in [0.25, 0.3) is 0 Å². The minimum atomic E-state index is -3.55. The second-order valence-corrected chi connectivity index (χ2v) is 10.1. The molecular weight excluding hydrogens is 402 g/mol. The lowest BCUT2D eigenvalue weighted by atomic mass is 10.2. The fraction of sp³-hybridized carbons (Fsp3) is 0.217. The zero-order valence-corrected chi connectivity index (χ0v) is 17.8. The van der Waals surface area contributed by atoms with Crippen LogP contribution < -0.4 is 4.74 Å². The molecule has 1 aliphatic heterocycles. The highest BCUT2D eigenvalue weighted by molar-refractivity contribution is 8.01. The largest absolute Gasteiger partial charge is 0.489 e. The molecule has 0 spiro atoms. The number of sulfonamides is 1. The van der Waals surface area contributed by atoms with E-state index >= 15 is 0 Å². The lowest BCUT2D eigenvalue weighted by molar-refractivity contribution is 0.305. The zero-order valence-electron chi connectivity index (χ0n) is 16.2. The van der Waals surface area contributed by atoms with Gasteiger partial charge >= 0.3 is 0 Å². The number of ether oxygens (including phenoxy) is 1. The first-order valence-electron chi connectivity index (χ1n) is 9.51. The van der Waals surface area contributed by atoms with E-state index in [0.717, 1.165) is 28.2 Å². The number of rotatable bonds is 6. The van der Waals surface area contributed by atoms with Crippen molar-refractivity contribution in [2.75, 3.05) is 12.3 Å². The number of nitrogens with zero attached hydrogens (tertiary/aromatic N) is 1. The molecule has 1 heterocycles. The third-order valence-corrected chi connectivity index (χ3v) is 8.09. The predicted molar refractivity (Wildman–Crippen MR) is 117 cm³/mol. The van der Waals surface area contributed by atoms with Gasteiger partial charge in [-0.1, -0.05) is 54.6 Å². The highest BCUT2D eigenvalue weighted by atomic mass is 32.2. The van der Waals surface area contributed by atoms with Crippen LogP contribution in [0.25, 0.3) is 0 Å². The molecule has 0 aliphatic carbocycles. The summed E-state index contributed by atoms with van der Waals surface area (Å²) in [5.41, 5.74) is 2.97. The summed E-state index contributed by atoms with van der Waals surface area (Å²) in [6, 6.07) is 24.8. The predicted octanol–water partition coefficient (Wildman–Crippen LogP) is 5.01. The Bertz CT molecular complexity index is 1080. The van der Waals surface area contributed by atoms with Gasteiger partial charge in [-0.3, -0.25) is 0 Å². The standard InChI is InChI=1S/C23H23NO3S2/c1-18-7-5-12-22(15-18)29(25,26)24-13-14-28-23(24)20-10-6-11-21(16-20)27-17-19-8-3-2-4-9-19/h2-12,15-16,23H,13-14,17H2,1H3. The summed E-state index contributed by atoms with van der Waals surface area (Å²) in [6.07, 6.45) is 0. The average Bonchev–Trinajstić information content (AvgIpc) is 3.24. The molecule has 0 saturated carbocycles. The molecule has 0 N–H and O–H groups in total. The van der Waals surface area contributed by atoms with Crippen LogP contribution in [0, 0.1) is 6.92 Å². The Morgan fingerprint density at radius 1 is 1.00 bits per heavy atom. The van der Waals surface area contributed by atoms with Crippen molar-refractivity contribution in [2.24, 2.45) is 0 Å². The van der Waals surface area contributed by atoms with E-state index in [2.05, 4.69) is 0 Å². The molecule has 6 heteroatoms. The van der Waals surface area contributed by atoms with E-state index in [1.165, 1.54) is 0 Å². The molecule has 1 saturated heterocycles. The molecule has 1 atom stereocenters. The summed E-state index contributed by atoms with van der Waals surface area (Å²) in [4.78, 5) is 0.349. The third-order valence-electron chi connectivity index (χ3n) is 4.84. The Morgan fingerprint density at radius 2 is 1.79 bits per heavy atom. The molecule has 0 bridgehead atoms. The van der Waals surface area contributed by atoms with Gasteiger partial charge < -0.3 is 4.74 Å². The summed E-state index contributed by atoms with van der Waals surface area (Å²) < 4.78 is 34.0. The van der Waals surface area contributed by atoms with Crippen molar-refractivity contribution in [1.82, 2.24) is 4.31 Å². The smallest absolute Gasteiger partial charge is 0.244 e. The Balaban J connectivity index is 1.56. The van der Waals surface area contributed by atoms with E-state index in [9.17, 15) is 8.42 Å². The molecule has 0 radical (unpaired) electrons. The number of hydrogen-bond acceptors (Lipinski definition) is 4. The van der Waals surface area contributed by atoms with Gasteiger partial charge in [-0.05, 0) is 47.9 Å². The van der Waals surface area contributed by atoms with Crippen LogP contribution in [0.1, 0.15) is 22.1 Å². The zero-order chi connectivity index (χ0) is 20.3. The molecule has 1 unspecified atom stereocenters. The fourth-order valence-corrected chi connectivity index (χ4v) is 6.71. The maximum absolute atomic E-state index is 13.2. The minimum absolute atomic E-state index is 0.249. The lowest BCUT2D eigenvalue weighted by Gasteiger charge is -2.24. The number of thioether (sulfide) groups is 1. The normalized spacial score (nSPS) is 17.3. The molecule has 0 aromatic heterocycles. The SMILES string of the molecule is Cc1cccc(S(=O)(=O)N2CCSC2c2cccc(OCc3ccccc3)c2)c1. The minimum Gasteiger partial charge on any atom is -0.489 e. The average molecular weight is 426 g/mol. The Hall–Kier alpha value is -2.28. The highest BCUT2D eigenvalue weighted by Gasteiger charge is 2.37. The van der Waals surface area contributed by atoms with Crippen molar-refractivity contribution in [3.63, 3.8) is 0 Å². The monoisotopic (exact) mass is 425 g/mol. The first-order valence-corrected chi connectivity index (χ1v) is 12.0. The number of hydrogen-bond donors (Lipinski definition) is 0. The van der Waals surface area contributed by atoms with E-state index < -0.39 is 10.0 Å². The van der Waals surface area contributed by atoms with Crippen molar-refractivity contribution in [3.8, 4) is 5.75 Å². The molecule has 29 heavy (non-hydrogen) atoms. The molecule has 150 valence electrons. The summed E-state index contributed by atoms with van der Waals surface area (Å²) in [6.45, 7) is 2.89.